The molecule has 0 spiro atoms. The summed E-state index contributed by atoms with van der Waals surface area (Å²) in [5, 5.41) is 4.25. The van der Waals surface area contributed by atoms with Crippen LogP contribution in [0.5, 0.6) is 0 Å². The third-order valence-corrected chi connectivity index (χ3v) is 5.75. The highest BCUT2D eigenvalue weighted by atomic mass is 127. The van der Waals surface area contributed by atoms with Crippen LogP contribution in [0.25, 0.3) is 0 Å². The van der Waals surface area contributed by atoms with Crippen molar-refractivity contribution in [1.82, 2.24) is 14.8 Å². The molecule has 1 N–H and O–H groups in total. The van der Waals surface area contributed by atoms with E-state index in [4.69, 9.17) is 16.3 Å². The molecule has 0 amide bonds. The lowest BCUT2D eigenvalue weighted by atomic mass is 9.74. The van der Waals surface area contributed by atoms with Crippen molar-refractivity contribution < 1.29 is 9.13 Å². The zero-order valence-corrected chi connectivity index (χ0v) is 20.2. The first kappa shape index (κ1) is 24.0. The number of guanidine groups is 1. The van der Waals surface area contributed by atoms with E-state index in [9.17, 15) is 4.39 Å². The minimum atomic E-state index is -0.212. The number of aromatic nitrogens is 1. The summed E-state index contributed by atoms with van der Waals surface area (Å²) in [4.78, 5) is 6.51. The lowest BCUT2D eigenvalue weighted by Crippen LogP contribution is -2.48. The van der Waals surface area contributed by atoms with Crippen LogP contribution in [-0.2, 0) is 23.7 Å². The lowest BCUT2D eigenvalue weighted by Gasteiger charge is -2.39. The summed E-state index contributed by atoms with van der Waals surface area (Å²) in [5.41, 5.74) is 2.14. The van der Waals surface area contributed by atoms with Gasteiger partial charge in [-0.2, -0.15) is 0 Å². The highest BCUT2D eigenvalue weighted by molar-refractivity contribution is 14.0. The van der Waals surface area contributed by atoms with Gasteiger partial charge in [-0.15, -0.1) is 24.0 Å². The van der Waals surface area contributed by atoms with E-state index in [-0.39, 0.29) is 35.2 Å². The smallest absolute Gasteiger partial charge is 0.193 e. The molecule has 1 saturated heterocycles. The van der Waals surface area contributed by atoms with E-state index >= 15 is 0 Å². The summed E-state index contributed by atoms with van der Waals surface area (Å²) in [6.45, 7) is 2.81. The quantitative estimate of drug-likeness (QED) is 0.355. The van der Waals surface area contributed by atoms with Gasteiger partial charge in [0.1, 0.15) is 5.82 Å². The van der Waals surface area contributed by atoms with Crippen LogP contribution in [0, 0.1) is 5.82 Å². The maximum absolute atomic E-state index is 13.4. The minimum Gasteiger partial charge on any atom is -0.381 e. The Morgan fingerprint density at radius 1 is 1.31 bits per heavy atom. The standard InChI is InChI=1S/C21H28ClFN4O.HI/c1-24-20(27(3)14-19-12-17(22)13-26(19)2)25-15-21(8-10-28-11-9-21)16-4-6-18(23)7-5-16;/h4-7,12-13H,8-11,14-15H2,1-3H3,(H,24,25);1H. The number of rotatable bonds is 5. The SMILES string of the molecule is CN=C(NCC1(c2ccc(F)cc2)CCOCC1)N(C)Cc1cc(Cl)cn1C.I. The third kappa shape index (κ3) is 5.86. The number of hydrogen-bond acceptors (Lipinski definition) is 2. The molecule has 1 aromatic heterocycles. The van der Waals surface area contributed by atoms with Crippen molar-refractivity contribution in [3.63, 3.8) is 0 Å². The molecule has 0 radical (unpaired) electrons. The first-order chi connectivity index (χ1) is 13.4. The molecule has 0 atom stereocenters. The summed E-state index contributed by atoms with van der Waals surface area (Å²) >= 11 is 6.10. The van der Waals surface area contributed by atoms with Gasteiger partial charge in [0.05, 0.1) is 11.6 Å². The van der Waals surface area contributed by atoms with Crippen LogP contribution in [0.4, 0.5) is 4.39 Å². The average Bonchev–Trinajstić information content (AvgIpc) is 3.00. The molecule has 8 heteroatoms. The van der Waals surface area contributed by atoms with Crippen molar-refractivity contribution >= 4 is 41.5 Å². The van der Waals surface area contributed by atoms with E-state index in [0.717, 1.165) is 35.1 Å². The summed E-state index contributed by atoms with van der Waals surface area (Å²) in [7, 11) is 5.77. The Hall–Kier alpha value is -1.32. The van der Waals surface area contributed by atoms with E-state index in [2.05, 4.69) is 15.2 Å². The Balaban J connectivity index is 0.00000300. The summed E-state index contributed by atoms with van der Waals surface area (Å²) < 4.78 is 21.0. The van der Waals surface area contributed by atoms with Gasteiger partial charge >= 0.3 is 0 Å². The molecule has 1 aromatic carbocycles. The maximum Gasteiger partial charge on any atom is 0.193 e. The third-order valence-electron chi connectivity index (χ3n) is 5.54. The second-order valence-corrected chi connectivity index (χ2v) is 7.85. The van der Waals surface area contributed by atoms with Gasteiger partial charge in [-0.05, 0) is 36.6 Å². The normalized spacial score (nSPS) is 16.2. The van der Waals surface area contributed by atoms with Crippen molar-refractivity contribution in [3.8, 4) is 0 Å². The molecule has 1 fully saturated rings. The topological polar surface area (TPSA) is 41.8 Å². The van der Waals surface area contributed by atoms with E-state index in [1.807, 2.05) is 43.1 Å². The van der Waals surface area contributed by atoms with Crippen LogP contribution in [0.2, 0.25) is 5.02 Å². The van der Waals surface area contributed by atoms with Crippen molar-refractivity contribution in [3.05, 3.63) is 58.6 Å². The molecule has 2 aromatic rings. The average molecular weight is 535 g/mol. The Morgan fingerprint density at radius 2 is 1.97 bits per heavy atom. The van der Waals surface area contributed by atoms with E-state index in [1.165, 1.54) is 12.1 Å². The summed E-state index contributed by atoms with van der Waals surface area (Å²) in [6, 6.07) is 8.81. The Labute approximate surface area is 194 Å². The van der Waals surface area contributed by atoms with Gasteiger partial charge in [-0.3, -0.25) is 4.99 Å². The summed E-state index contributed by atoms with van der Waals surface area (Å²) in [6.07, 6.45) is 3.67. The fourth-order valence-electron chi connectivity index (χ4n) is 3.81. The van der Waals surface area contributed by atoms with Crippen molar-refractivity contribution in [1.29, 1.82) is 0 Å². The van der Waals surface area contributed by atoms with Crippen LogP contribution >= 0.6 is 35.6 Å². The monoisotopic (exact) mass is 534 g/mol. The zero-order valence-electron chi connectivity index (χ0n) is 17.1. The molecule has 5 nitrogen and oxygen atoms in total. The number of benzene rings is 1. The first-order valence-electron chi connectivity index (χ1n) is 9.50. The van der Waals surface area contributed by atoms with E-state index < -0.39 is 0 Å². The van der Waals surface area contributed by atoms with Crippen molar-refractivity contribution in [2.45, 2.75) is 24.8 Å². The molecule has 0 saturated carbocycles. The van der Waals surface area contributed by atoms with Gasteiger partial charge in [0.2, 0.25) is 0 Å². The van der Waals surface area contributed by atoms with Gasteiger partial charge in [0.25, 0.3) is 0 Å². The molecule has 0 bridgehead atoms. The lowest BCUT2D eigenvalue weighted by molar-refractivity contribution is 0.0512. The van der Waals surface area contributed by atoms with Crippen LogP contribution in [0.1, 0.15) is 24.1 Å². The second-order valence-electron chi connectivity index (χ2n) is 7.42. The van der Waals surface area contributed by atoms with Gasteiger partial charge < -0.3 is 19.5 Å². The molecule has 29 heavy (non-hydrogen) atoms. The molecule has 3 rings (SSSR count). The zero-order chi connectivity index (χ0) is 20.1. The predicted molar refractivity (Wildman–Crippen MR) is 127 cm³/mol. The number of nitrogens with one attached hydrogen (secondary N) is 1. The second kappa shape index (κ2) is 10.6. The number of aliphatic imine (C=N–C) groups is 1. The molecule has 2 heterocycles. The number of nitrogens with zero attached hydrogens (tertiary/aromatic N) is 3. The van der Waals surface area contributed by atoms with E-state index in [1.54, 1.807) is 7.05 Å². The Bertz CT molecular complexity index is 819. The van der Waals surface area contributed by atoms with Crippen molar-refractivity contribution in [2.24, 2.45) is 12.0 Å². The Kier molecular flexibility index (Phi) is 8.78. The van der Waals surface area contributed by atoms with Crippen molar-refractivity contribution in [2.75, 3.05) is 33.9 Å². The number of hydrogen-bond donors (Lipinski definition) is 1. The maximum atomic E-state index is 13.4. The molecule has 160 valence electrons. The predicted octanol–water partition coefficient (Wildman–Crippen LogP) is 4.19. The van der Waals surface area contributed by atoms with Gasteiger partial charge in [-0.1, -0.05) is 23.7 Å². The minimum absolute atomic E-state index is 0. The molecule has 0 aliphatic carbocycles. The highest BCUT2D eigenvalue weighted by Crippen LogP contribution is 2.34. The Morgan fingerprint density at radius 3 is 2.52 bits per heavy atom. The molecular formula is C21H29ClFIN4O. The number of aryl methyl sites for hydroxylation is 1. The fraction of sp³-hybridized carbons (Fsp3) is 0.476. The number of halogens is 3. The highest BCUT2D eigenvalue weighted by Gasteiger charge is 2.35. The molecule has 0 unspecified atom stereocenters. The van der Waals surface area contributed by atoms with Gasteiger partial charge in [0.15, 0.2) is 5.96 Å². The fourth-order valence-corrected chi connectivity index (χ4v) is 4.08. The van der Waals surface area contributed by atoms with Gasteiger partial charge in [0, 0.05) is 58.2 Å². The summed E-state index contributed by atoms with van der Waals surface area (Å²) in [5.74, 6) is 0.598. The van der Waals surface area contributed by atoms with Crippen LogP contribution in [0.3, 0.4) is 0 Å². The number of ether oxygens (including phenoxy) is 1. The molecule has 1 aliphatic rings. The van der Waals surface area contributed by atoms with Gasteiger partial charge in [-0.25, -0.2) is 4.39 Å². The molecular weight excluding hydrogens is 506 g/mol. The van der Waals surface area contributed by atoms with Crippen LogP contribution in [0.15, 0.2) is 41.5 Å². The first-order valence-corrected chi connectivity index (χ1v) is 9.88. The van der Waals surface area contributed by atoms with Crippen LogP contribution < -0.4 is 5.32 Å². The van der Waals surface area contributed by atoms with Crippen LogP contribution in [-0.4, -0.2) is 49.3 Å². The molecule has 1 aliphatic heterocycles. The largest absolute Gasteiger partial charge is 0.381 e. The van der Waals surface area contributed by atoms with E-state index in [0.29, 0.717) is 26.3 Å².